The first-order chi connectivity index (χ1) is 21.7. The lowest BCUT2D eigenvalue weighted by atomic mass is 9.92. The van der Waals surface area contributed by atoms with Gasteiger partial charge >= 0.3 is 6.09 Å². The van der Waals surface area contributed by atoms with Crippen LogP contribution in [0.15, 0.2) is 95.9 Å². The van der Waals surface area contributed by atoms with Gasteiger partial charge in [-0.05, 0) is 82.9 Å². The molecule has 8 nitrogen and oxygen atoms in total. The molecule has 3 heterocycles. The molecule has 0 saturated carbocycles. The van der Waals surface area contributed by atoms with Gasteiger partial charge in [0.2, 0.25) is 5.91 Å². The van der Waals surface area contributed by atoms with Crippen LogP contribution in [0.25, 0.3) is 21.9 Å². The molecule has 1 aromatic heterocycles. The molecule has 4 aromatic carbocycles. The first-order valence-corrected chi connectivity index (χ1v) is 15.0. The first-order valence-electron chi connectivity index (χ1n) is 15.0. The van der Waals surface area contributed by atoms with Gasteiger partial charge in [0.15, 0.2) is 0 Å². The van der Waals surface area contributed by atoms with Crippen molar-refractivity contribution in [1.29, 1.82) is 0 Å². The van der Waals surface area contributed by atoms with Crippen molar-refractivity contribution in [3.63, 3.8) is 0 Å². The third kappa shape index (κ3) is 6.31. The zero-order valence-electron chi connectivity index (χ0n) is 25.8. The molecule has 0 fully saturated rings. The van der Waals surface area contributed by atoms with Crippen LogP contribution in [-0.4, -0.2) is 35.5 Å². The summed E-state index contributed by atoms with van der Waals surface area (Å²) in [6, 6.07) is 26.5. The van der Waals surface area contributed by atoms with E-state index in [1.807, 2.05) is 93.6 Å². The van der Waals surface area contributed by atoms with E-state index in [0.29, 0.717) is 16.8 Å². The Kier molecular flexibility index (Phi) is 8.13. The maximum atomic E-state index is 14.4. The average molecular weight is 601 g/mol. The largest absolute Gasteiger partial charge is 0.449 e. The number of pyridine rings is 1. The molecular weight excluding hydrogens is 564 g/mol. The molecule has 45 heavy (non-hydrogen) atoms. The van der Waals surface area contributed by atoms with E-state index in [1.54, 1.807) is 24.2 Å². The molecule has 0 unspecified atom stereocenters. The quantitative estimate of drug-likeness (QED) is 0.202. The van der Waals surface area contributed by atoms with Crippen molar-refractivity contribution in [3.05, 3.63) is 129 Å². The molecule has 2 aliphatic heterocycles. The minimum atomic E-state index is -0.729. The number of aromatic amines is 1. The standard InChI is InChI=1S/C37H36N4O4/c1-22-6-5-7-26(16-22)32-13-11-29-18-28(32)20-41(4)36(43)34(39-30-10-8-25-14-15-38-35(42)33(25)19-30)27-9-12-31(23(2)17-27)24(3)21-45-37(44)40-29/h5-19,24,34,39H,20-21H2,1-4H3,(H,38,42)(H,40,44)/t24-,34+/m0/s1. The van der Waals surface area contributed by atoms with Crippen molar-refractivity contribution >= 4 is 34.1 Å². The van der Waals surface area contributed by atoms with Crippen LogP contribution in [0.2, 0.25) is 0 Å². The van der Waals surface area contributed by atoms with Gasteiger partial charge in [-0.2, -0.15) is 0 Å². The van der Waals surface area contributed by atoms with Crippen molar-refractivity contribution in [1.82, 2.24) is 9.88 Å². The van der Waals surface area contributed by atoms with E-state index in [2.05, 4.69) is 21.7 Å². The maximum Gasteiger partial charge on any atom is 0.411 e. The monoisotopic (exact) mass is 600 g/mol. The molecule has 5 aromatic rings. The van der Waals surface area contributed by atoms with Crippen molar-refractivity contribution in [2.75, 3.05) is 24.3 Å². The van der Waals surface area contributed by atoms with Crippen LogP contribution in [0.4, 0.5) is 16.2 Å². The summed E-state index contributed by atoms with van der Waals surface area (Å²) in [6.07, 6.45) is 1.10. The topological polar surface area (TPSA) is 104 Å². The summed E-state index contributed by atoms with van der Waals surface area (Å²) in [5.41, 5.74) is 7.84. The third-order valence-corrected chi connectivity index (χ3v) is 8.42. The Balaban J connectivity index is 1.44. The summed E-state index contributed by atoms with van der Waals surface area (Å²) in [5.74, 6) is -0.203. The molecule has 0 aliphatic carbocycles. The second-order valence-electron chi connectivity index (χ2n) is 11.9. The van der Waals surface area contributed by atoms with E-state index in [0.717, 1.165) is 44.3 Å². The summed E-state index contributed by atoms with van der Waals surface area (Å²) in [5, 5.41) is 7.66. The third-order valence-electron chi connectivity index (χ3n) is 8.42. The van der Waals surface area contributed by atoms with Gasteiger partial charge in [0.1, 0.15) is 6.04 Å². The van der Waals surface area contributed by atoms with Crippen LogP contribution in [0.5, 0.6) is 0 Å². The fraction of sp³-hybridized carbons (Fsp3) is 0.216. The predicted octanol–water partition coefficient (Wildman–Crippen LogP) is 7.29. The number of hydrogen-bond donors (Lipinski definition) is 3. The molecule has 2 amide bonds. The smallest absolute Gasteiger partial charge is 0.411 e. The summed E-state index contributed by atoms with van der Waals surface area (Å²) in [4.78, 5) is 44.2. The van der Waals surface area contributed by atoms with Crippen molar-refractivity contribution in [3.8, 4) is 11.1 Å². The summed E-state index contributed by atoms with van der Waals surface area (Å²) in [7, 11) is 1.78. The number of nitrogens with one attached hydrogen (secondary N) is 3. The molecule has 2 atom stereocenters. The Labute approximate surface area is 262 Å². The number of aryl methyl sites for hydroxylation is 2. The first kappa shape index (κ1) is 29.7. The molecular formula is C37H36N4O4. The van der Waals surface area contributed by atoms with Crippen LogP contribution >= 0.6 is 0 Å². The predicted molar refractivity (Wildman–Crippen MR) is 179 cm³/mol. The molecule has 3 N–H and O–H groups in total. The van der Waals surface area contributed by atoms with Crippen LogP contribution < -0.4 is 16.2 Å². The normalized spacial score (nSPS) is 17.2. The molecule has 0 radical (unpaired) electrons. The number of fused-ring (bicyclic) bond motifs is 10. The van der Waals surface area contributed by atoms with Crippen molar-refractivity contribution < 1.29 is 14.3 Å². The summed E-state index contributed by atoms with van der Waals surface area (Å²) >= 11 is 0. The Bertz CT molecular complexity index is 1980. The Morgan fingerprint density at radius 2 is 1.76 bits per heavy atom. The molecule has 228 valence electrons. The summed E-state index contributed by atoms with van der Waals surface area (Å²) < 4.78 is 5.62. The van der Waals surface area contributed by atoms with E-state index >= 15 is 0 Å². The van der Waals surface area contributed by atoms with E-state index in [-0.39, 0.29) is 30.5 Å². The lowest BCUT2D eigenvalue weighted by Gasteiger charge is -2.28. The molecule has 4 bridgehead atoms. The second-order valence-corrected chi connectivity index (χ2v) is 11.9. The van der Waals surface area contributed by atoms with Crippen molar-refractivity contribution in [2.24, 2.45) is 0 Å². The number of nitrogens with zero attached hydrogens (tertiary/aromatic N) is 1. The van der Waals surface area contributed by atoms with Gasteiger partial charge in [0.25, 0.3) is 5.56 Å². The van der Waals surface area contributed by atoms with Crippen LogP contribution in [-0.2, 0) is 16.1 Å². The Hall–Kier alpha value is -5.37. The zero-order chi connectivity index (χ0) is 31.7. The SMILES string of the molecule is Cc1cccc(-c2ccc3cc2CN(C)C(=O)[C@H](Nc2ccc4cc[nH]c(=O)c4c2)c2ccc(c(C)c2)[C@@H](C)COC(=O)N3)c1. The molecule has 7 rings (SSSR count). The molecule has 2 aliphatic rings. The lowest BCUT2D eigenvalue weighted by molar-refractivity contribution is -0.131. The number of hydrogen-bond acceptors (Lipinski definition) is 5. The van der Waals surface area contributed by atoms with E-state index in [1.165, 1.54) is 0 Å². The van der Waals surface area contributed by atoms with E-state index in [9.17, 15) is 14.4 Å². The lowest BCUT2D eigenvalue weighted by Crippen LogP contribution is -2.35. The number of likely N-dealkylation sites (N-methyl/N-ethyl adjacent to an activating group) is 1. The highest BCUT2D eigenvalue weighted by Crippen LogP contribution is 2.32. The maximum absolute atomic E-state index is 14.4. The molecule has 0 saturated heterocycles. The van der Waals surface area contributed by atoms with Crippen LogP contribution in [0, 0.1) is 13.8 Å². The number of rotatable bonds is 3. The zero-order valence-corrected chi connectivity index (χ0v) is 25.8. The fourth-order valence-electron chi connectivity index (χ4n) is 6.05. The van der Waals surface area contributed by atoms with Gasteiger partial charge in [0.05, 0.1) is 6.61 Å². The Morgan fingerprint density at radius 3 is 2.56 bits per heavy atom. The Morgan fingerprint density at radius 1 is 0.911 bits per heavy atom. The average Bonchev–Trinajstić information content (AvgIpc) is 3.02. The number of amides is 2. The highest BCUT2D eigenvalue weighted by molar-refractivity contribution is 5.89. The van der Waals surface area contributed by atoms with Gasteiger partial charge in [-0.3, -0.25) is 14.9 Å². The number of ether oxygens (including phenoxy) is 1. The minimum Gasteiger partial charge on any atom is -0.449 e. The number of carbonyl (C=O) groups is 2. The van der Waals surface area contributed by atoms with Crippen LogP contribution in [0.1, 0.15) is 46.7 Å². The highest BCUT2D eigenvalue weighted by Gasteiger charge is 2.27. The van der Waals surface area contributed by atoms with Gasteiger partial charge in [-0.25, -0.2) is 4.79 Å². The summed E-state index contributed by atoms with van der Waals surface area (Å²) in [6.45, 7) is 6.54. The number of aromatic nitrogens is 1. The molecule has 8 heteroatoms. The van der Waals surface area contributed by atoms with Crippen molar-refractivity contribution in [2.45, 2.75) is 39.3 Å². The van der Waals surface area contributed by atoms with Gasteiger partial charge in [0, 0.05) is 42.5 Å². The van der Waals surface area contributed by atoms with Gasteiger partial charge in [-0.1, -0.05) is 67.1 Å². The van der Waals surface area contributed by atoms with E-state index in [4.69, 9.17) is 4.74 Å². The second kappa shape index (κ2) is 12.3. The number of H-pyrrole nitrogens is 1. The highest BCUT2D eigenvalue weighted by atomic mass is 16.5. The number of anilines is 2. The van der Waals surface area contributed by atoms with E-state index < -0.39 is 12.1 Å². The van der Waals surface area contributed by atoms with Crippen LogP contribution in [0.3, 0.4) is 0 Å². The molecule has 0 spiro atoms. The van der Waals surface area contributed by atoms with Gasteiger partial charge < -0.3 is 19.9 Å². The number of benzene rings is 4. The minimum absolute atomic E-state index is 0.0611. The number of carbonyl (C=O) groups excluding carboxylic acids is 2. The fourth-order valence-corrected chi connectivity index (χ4v) is 6.05. The van der Waals surface area contributed by atoms with Gasteiger partial charge in [-0.15, -0.1) is 0 Å².